The molecule has 0 aliphatic rings. The molecule has 22 heavy (non-hydrogen) atoms. The maximum Gasteiger partial charge on any atom is 0.237 e. The zero-order valence-electron chi connectivity index (χ0n) is 12.9. The summed E-state index contributed by atoms with van der Waals surface area (Å²) in [4.78, 5) is 16.4. The molecule has 0 saturated carbocycles. The Morgan fingerprint density at radius 1 is 1.32 bits per heavy atom. The number of aryl methyl sites for hydroxylation is 2. The van der Waals surface area contributed by atoms with Gasteiger partial charge in [-0.1, -0.05) is 30.3 Å². The van der Waals surface area contributed by atoms with Gasteiger partial charge in [0.15, 0.2) is 0 Å². The van der Waals surface area contributed by atoms with Crippen molar-refractivity contribution in [1.82, 2.24) is 10.3 Å². The molecule has 0 fully saturated rings. The van der Waals surface area contributed by atoms with Crippen LogP contribution in [0.3, 0.4) is 0 Å². The van der Waals surface area contributed by atoms with Gasteiger partial charge in [0.25, 0.3) is 0 Å². The molecule has 5 heteroatoms. The SMILES string of the molecule is Cc1csc(CCCCNC(=O)C(N)Cc2ccccc2)n1. The zero-order valence-corrected chi connectivity index (χ0v) is 13.7. The van der Waals surface area contributed by atoms with Crippen molar-refractivity contribution in [2.45, 2.75) is 38.6 Å². The highest BCUT2D eigenvalue weighted by Gasteiger charge is 2.13. The van der Waals surface area contributed by atoms with Crippen LogP contribution < -0.4 is 11.1 Å². The molecule has 0 saturated heterocycles. The number of rotatable bonds is 8. The van der Waals surface area contributed by atoms with Crippen LogP contribution in [0.5, 0.6) is 0 Å². The number of nitrogens with zero attached hydrogens (tertiary/aromatic N) is 1. The van der Waals surface area contributed by atoms with Crippen LogP contribution in [0.25, 0.3) is 0 Å². The molecule has 1 atom stereocenters. The number of amides is 1. The highest BCUT2D eigenvalue weighted by Crippen LogP contribution is 2.11. The van der Waals surface area contributed by atoms with Crippen molar-refractivity contribution >= 4 is 17.2 Å². The fourth-order valence-corrected chi connectivity index (χ4v) is 3.04. The van der Waals surface area contributed by atoms with E-state index in [1.807, 2.05) is 37.3 Å². The van der Waals surface area contributed by atoms with E-state index in [9.17, 15) is 4.79 Å². The molecule has 1 heterocycles. The molecule has 1 aromatic heterocycles. The minimum absolute atomic E-state index is 0.0750. The van der Waals surface area contributed by atoms with E-state index in [1.165, 1.54) is 5.01 Å². The molecule has 0 radical (unpaired) electrons. The van der Waals surface area contributed by atoms with Gasteiger partial charge in [-0.25, -0.2) is 4.98 Å². The van der Waals surface area contributed by atoms with Crippen molar-refractivity contribution in [1.29, 1.82) is 0 Å². The average molecular weight is 317 g/mol. The first kappa shape index (κ1) is 16.6. The van der Waals surface area contributed by atoms with E-state index in [-0.39, 0.29) is 5.91 Å². The molecule has 118 valence electrons. The zero-order chi connectivity index (χ0) is 15.8. The van der Waals surface area contributed by atoms with Crippen LogP contribution in [0, 0.1) is 6.92 Å². The third-order valence-corrected chi connectivity index (χ3v) is 4.44. The summed E-state index contributed by atoms with van der Waals surface area (Å²) < 4.78 is 0. The first-order valence-electron chi connectivity index (χ1n) is 7.63. The minimum Gasteiger partial charge on any atom is -0.355 e. The molecule has 0 aliphatic carbocycles. The number of carbonyl (C=O) groups is 1. The molecule has 4 nitrogen and oxygen atoms in total. The van der Waals surface area contributed by atoms with E-state index >= 15 is 0 Å². The molecule has 0 bridgehead atoms. The Kier molecular flexibility index (Phi) is 6.55. The molecule has 2 rings (SSSR count). The van der Waals surface area contributed by atoms with Crippen LogP contribution >= 0.6 is 11.3 Å². The summed E-state index contributed by atoms with van der Waals surface area (Å²) in [7, 11) is 0. The highest BCUT2D eigenvalue weighted by atomic mass is 32.1. The van der Waals surface area contributed by atoms with Gasteiger partial charge < -0.3 is 11.1 Å². The van der Waals surface area contributed by atoms with E-state index in [2.05, 4.69) is 15.7 Å². The van der Waals surface area contributed by atoms with Crippen LogP contribution in [-0.4, -0.2) is 23.5 Å². The molecule has 1 aromatic carbocycles. The van der Waals surface area contributed by atoms with Gasteiger partial charge in [0, 0.05) is 17.6 Å². The lowest BCUT2D eigenvalue weighted by atomic mass is 10.1. The molecule has 0 aliphatic heterocycles. The number of hydrogen-bond acceptors (Lipinski definition) is 4. The van der Waals surface area contributed by atoms with Crippen LogP contribution in [0.2, 0.25) is 0 Å². The van der Waals surface area contributed by atoms with Crippen molar-refractivity contribution in [2.24, 2.45) is 5.73 Å². The summed E-state index contributed by atoms with van der Waals surface area (Å²) in [5.41, 5.74) is 8.11. The van der Waals surface area contributed by atoms with Crippen molar-refractivity contribution in [2.75, 3.05) is 6.54 Å². The minimum atomic E-state index is -0.482. The number of nitrogens with one attached hydrogen (secondary N) is 1. The second kappa shape index (κ2) is 8.66. The van der Waals surface area contributed by atoms with Crippen molar-refractivity contribution < 1.29 is 4.79 Å². The Bertz CT molecular complexity index is 583. The molecule has 2 aromatic rings. The molecular formula is C17H23N3OS. The number of unbranched alkanes of at least 4 members (excludes halogenated alkanes) is 1. The summed E-state index contributed by atoms with van der Waals surface area (Å²) in [5, 5.41) is 6.15. The van der Waals surface area contributed by atoms with Crippen LogP contribution in [0.4, 0.5) is 0 Å². The summed E-state index contributed by atoms with van der Waals surface area (Å²) in [6.45, 7) is 2.68. The number of benzene rings is 1. The third-order valence-electron chi connectivity index (χ3n) is 3.42. The normalized spacial score (nSPS) is 12.1. The van der Waals surface area contributed by atoms with Gasteiger partial charge in [-0.15, -0.1) is 11.3 Å². The smallest absolute Gasteiger partial charge is 0.237 e. The van der Waals surface area contributed by atoms with Gasteiger partial charge in [0.2, 0.25) is 5.91 Å². The summed E-state index contributed by atoms with van der Waals surface area (Å²) >= 11 is 1.70. The molecule has 1 amide bonds. The highest BCUT2D eigenvalue weighted by molar-refractivity contribution is 7.09. The number of aromatic nitrogens is 1. The Balaban J connectivity index is 1.61. The largest absolute Gasteiger partial charge is 0.355 e. The fourth-order valence-electron chi connectivity index (χ4n) is 2.22. The van der Waals surface area contributed by atoms with E-state index in [1.54, 1.807) is 11.3 Å². The van der Waals surface area contributed by atoms with E-state index < -0.39 is 6.04 Å². The van der Waals surface area contributed by atoms with Gasteiger partial charge in [0.1, 0.15) is 0 Å². The number of carbonyl (C=O) groups excluding carboxylic acids is 1. The Morgan fingerprint density at radius 3 is 2.77 bits per heavy atom. The Labute approximate surface area is 135 Å². The fraction of sp³-hybridized carbons (Fsp3) is 0.412. The van der Waals surface area contributed by atoms with Crippen molar-refractivity contribution in [3.8, 4) is 0 Å². The van der Waals surface area contributed by atoms with E-state index in [4.69, 9.17) is 5.73 Å². The lowest BCUT2D eigenvalue weighted by Crippen LogP contribution is -2.42. The van der Waals surface area contributed by atoms with Crippen LogP contribution in [0.1, 0.15) is 29.1 Å². The average Bonchev–Trinajstić information content (AvgIpc) is 2.93. The molecular weight excluding hydrogens is 294 g/mol. The van der Waals surface area contributed by atoms with Gasteiger partial charge >= 0.3 is 0 Å². The number of nitrogens with two attached hydrogens (primary N) is 1. The second-order valence-electron chi connectivity index (χ2n) is 5.43. The number of hydrogen-bond donors (Lipinski definition) is 2. The monoisotopic (exact) mass is 317 g/mol. The van der Waals surface area contributed by atoms with Crippen molar-refractivity contribution in [3.63, 3.8) is 0 Å². The van der Waals surface area contributed by atoms with Crippen LogP contribution in [-0.2, 0) is 17.6 Å². The first-order chi connectivity index (χ1) is 10.6. The number of thiazole rings is 1. The molecule has 0 spiro atoms. The van der Waals surface area contributed by atoms with E-state index in [0.717, 1.165) is 30.5 Å². The van der Waals surface area contributed by atoms with E-state index in [0.29, 0.717) is 13.0 Å². The van der Waals surface area contributed by atoms with Crippen molar-refractivity contribution in [3.05, 3.63) is 52.0 Å². The molecule has 1 unspecified atom stereocenters. The summed E-state index contributed by atoms with van der Waals surface area (Å²) in [5.74, 6) is -0.0750. The Morgan fingerprint density at radius 2 is 2.09 bits per heavy atom. The van der Waals surface area contributed by atoms with Gasteiger partial charge in [-0.05, 0) is 38.2 Å². The van der Waals surface area contributed by atoms with Crippen LogP contribution in [0.15, 0.2) is 35.7 Å². The van der Waals surface area contributed by atoms with Gasteiger partial charge in [-0.3, -0.25) is 4.79 Å². The maximum absolute atomic E-state index is 11.9. The lowest BCUT2D eigenvalue weighted by molar-refractivity contribution is -0.122. The summed E-state index contributed by atoms with van der Waals surface area (Å²) in [6, 6.07) is 9.37. The predicted octanol–water partition coefficient (Wildman–Crippen LogP) is 2.46. The first-order valence-corrected chi connectivity index (χ1v) is 8.51. The maximum atomic E-state index is 11.9. The summed E-state index contributed by atoms with van der Waals surface area (Å²) in [6.07, 6.45) is 3.53. The second-order valence-corrected chi connectivity index (χ2v) is 6.37. The quantitative estimate of drug-likeness (QED) is 0.735. The predicted molar refractivity (Wildman–Crippen MR) is 90.9 cm³/mol. The standard InChI is InChI=1S/C17H23N3OS/c1-13-12-22-16(20-13)9-5-6-10-19-17(21)15(18)11-14-7-3-2-4-8-14/h2-4,7-8,12,15H,5-6,9-11,18H2,1H3,(H,19,21). The molecule has 3 N–H and O–H groups in total. The van der Waals surface area contributed by atoms with Gasteiger partial charge in [0.05, 0.1) is 11.0 Å². The topological polar surface area (TPSA) is 68.0 Å². The van der Waals surface area contributed by atoms with Gasteiger partial charge in [-0.2, -0.15) is 0 Å². The third kappa shape index (κ3) is 5.58. The Hall–Kier alpha value is -1.72. The lowest BCUT2D eigenvalue weighted by Gasteiger charge is -2.12.